The fourth-order valence-electron chi connectivity index (χ4n) is 2.54. The molecule has 0 spiro atoms. The van der Waals surface area contributed by atoms with Crippen LogP contribution in [0.3, 0.4) is 0 Å². The molecule has 0 bridgehead atoms. The molecule has 0 heterocycles. The molecule has 22 heavy (non-hydrogen) atoms. The van der Waals surface area contributed by atoms with Crippen LogP contribution in [0, 0.1) is 0 Å². The van der Waals surface area contributed by atoms with Gasteiger partial charge in [0.2, 0.25) is 10.0 Å². The standard InChI is InChI=1S/C15H23N3O3S/c1-2-11-22(20,21)18-14-9-7-13(8-10-14)17-15(19)16-12-5-3-4-6-12/h7-10,12,18H,2-6,11H2,1H3,(H2,16,17,19). The van der Waals surface area contributed by atoms with E-state index in [1.54, 1.807) is 24.3 Å². The lowest BCUT2D eigenvalue weighted by molar-refractivity contribution is 0.248. The van der Waals surface area contributed by atoms with E-state index >= 15 is 0 Å². The number of hydrogen-bond acceptors (Lipinski definition) is 3. The number of amides is 2. The van der Waals surface area contributed by atoms with Crippen LogP contribution in [0.5, 0.6) is 0 Å². The van der Waals surface area contributed by atoms with Gasteiger partial charge in [0.1, 0.15) is 0 Å². The number of urea groups is 1. The van der Waals surface area contributed by atoms with Crippen molar-refractivity contribution in [1.29, 1.82) is 0 Å². The predicted molar refractivity (Wildman–Crippen MR) is 88.6 cm³/mol. The van der Waals surface area contributed by atoms with Gasteiger partial charge in [-0.05, 0) is 43.5 Å². The van der Waals surface area contributed by atoms with Gasteiger partial charge in [-0.3, -0.25) is 4.72 Å². The Balaban J connectivity index is 1.87. The fourth-order valence-corrected chi connectivity index (χ4v) is 3.68. The highest BCUT2D eigenvalue weighted by Crippen LogP contribution is 2.18. The fraction of sp³-hybridized carbons (Fsp3) is 0.533. The molecule has 1 saturated carbocycles. The smallest absolute Gasteiger partial charge is 0.319 e. The monoisotopic (exact) mass is 325 g/mol. The summed E-state index contributed by atoms with van der Waals surface area (Å²) in [5.41, 5.74) is 1.13. The molecule has 3 N–H and O–H groups in total. The highest BCUT2D eigenvalue weighted by atomic mass is 32.2. The molecular formula is C15H23N3O3S. The first-order chi connectivity index (χ1) is 10.5. The number of anilines is 2. The number of rotatable bonds is 6. The van der Waals surface area contributed by atoms with Crippen molar-refractivity contribution < 1.29 is 13.2 Å². The minimum atomic E-state index is -3.29. The van der Waals surface area contributed by atoms with E-state index in [0.717, 1.165) is 25.7 Å². The Morgan fingerprint density at radius 3 is 2.32 bits per heavy atom. The third kappa shape index (κ3) is 5.22. The molecule has 1 aromatic carbocycles. The molecule has 6 nitrogen and oxygen atoms in total. The maximum Gasteiger partial charge on any atom is 0.319 e. The van der Waals surface area contributed by atoms with Crippen molar-refractivity contribution in [2.24, 2.45) is 0 Å². The topological polar surface area (TPSA) is 87.3 Å². The molecule has 0 radical (unpaired) electrons. The summed E-state index contributed by atoms with van der Waals surface area (Å²) in [6.07, 6.45) is 4.96. The van der Waals surface area contributed by atoms with Crippen molar-refractivity contribution in [3.8, 4) is 0 Å². The molecule has 0 atom stereocenters. The zero-order chi connectivity index (χ0) is 16.0. The Kier molecular flexibility index (Phi) is 5.65. The van der Waals surface area contributed by atoms with Crippen molar-refractivity contribution in [2.75, 3.05) is 15.8 Å². The molecule has 2 rings (SSSR count). The minimum Gasteiger partial charge on any atom is -0.335 e. The molecule has 0 saturated heterocycles. The SMILES string of the molecule is CCCS(=O)(=O)Nc1ccc(NC(=O)NC2CCCC2)cc1. The highest BCUT2D eigenvalue weighted by Gasteiger charge is 2.17. The first-order valence-corrected chi connectivity index (χ1v) is 9.32. The van der Waals surface area contributed by atoms with E-state index in [4.69, 9.17) is 0 Å². The number of sulfonamides is 1. The molecular weight excluding hydrogens is 302 g/mol. The van der Waals surface area contributed by atoms with Gasteiger partial charge in [0.25, 0.3) is 0 Å². The summed E-state index contributed by atoms with van der Waals surface area (Å²) < 4.78 is 25.8. The van der Waals surface area contributed by atoms with Gasteiger partial charge in [-0.2, -0.15) is 0 Å². The van der Waals surface area contributed by atoms with Gasteiger partial charge in [-0.25, -0.2) is 13.2 Å². The maximum atomic E-state index is 11.8. The second kappa shape index (κ2) is 7.49. The molecule has 7 heteroatoms. The summed E-state index contributed by atoms with van der Waals surface area (Å²) >= 11 is 0. The number of carbonyl (C=O) groups is 1. The molecule has 0 aromatic heterocycles. The summed E-state index contributed by atoms with van der Waals surface area (Å²) in [5.74, 6) is 0.0940. The van der Waals surface area contributed by atoms with Gasteiger partial charge in [0.05, 0.1) is 5.75 Å². The molecule has 1 aliphatic carbocycles. The molecule has 1 aliphatic rings. The number of hydrogen-bond donors (Lipinski definition) is 3. The Morgan fingerprint density at radius 1 is 1.14 bits per heavy atom. The first-order valence-electron chi connectivity index (χ1n) is 7.66. The van der Waals surface area contributed by atoms with E-state index in [1.807, 2.05) is 6.92 Å². The van der Waals surface area contributed by atoms with Crippen LogP contribution in [0.25, 0.3) is 0 Å². The first kappa shape index (κ1) is 16.6. The van der Waals surface area contributed by atoms with Crippen LogP contribution in [-0.2, 0) is 10.0 Å². The van der Waals surface area contributed by atoms with Gasteiger partial charge in [0, 0.05) is 17.4 Å². The van der Waals surface area contributed by atoms with E-state index in [1.165, 1.54) is 0 Å². The average molecular weight is 325 g/mol. The summed E-state index contributed by atoms with van der Waals surface area (Å²) in [5, 5.41) is 5.69. The maximum absolute atomic E-state index is 11.8. The van der Waals surface area contributed by atoms with Crippen LogP contribution in [0.2, 0.25) is 0 Å². The Morgan fingerprint density at radius 2 is 1.73 bits per heavy atom. The third-order valence-corrected chi connectivity index (χ3v) is 5.07. The number of nitrogens with one attached hydrogen (secondary N) is 3. The van der Waals surface area contributed by atoms with Crippen LogP contribution < -0.4 is 15.4 Å². The number of benzene rings is 1. The molecule has 122 valence electrons. The van der Waals surface area contributed by atoms with Crippen LogP contribution in [-0.4, -0.2) is 26.2 Å². The largest absolute Gasteiger partial charge is 0.335 e. The van der Waals surface area contributed by atoms with Crippen LogP contribution in [0.1, 0.15) is 39.0 Å². The van der Waals surface area contributed by atoms with E-state index in [9.17, 15) is 13.2 Å². The summed E-state index contributed by atoms with van der Waals surface area (Å²) in [6, 6.07) is 6.68. The van der Waals surface area contributed by atoms with Crippen LogP contribution in [0.15, 0.2) is 24.3 Å². The van der Waals surface area contributed by atoms with E-state index < -0.39 is 10.0 Å². The van der Waals surface area contributed by atoms with Gasteiger partial charge in [-0.15, -0.1) is 0 Å². The predicted octanol–water partition coefficient (Wildman–Crippen LogP) is 2.90. The van der Waals surface area contributed by atoms with Crippen molar-refractivity contribution in [3.05, 3.63) is 24.3 Å². The summed E-state index contributed by atoms with van der Waals surface area (Å²) in [7, 11) is -3.29. The summed E-state index contributed by atoms with van der Waals surface area (Å²) in [6.45, 7) is 1.81. The quantitative estimate of drug-likeness (QED) is 0.751. The average Bonchev–Trinajstić information content (AvgIpc) is 2.93. The second-order valence-corrected chi connectivity index (χ2v) is 7.42. The molecule has 0 unspecified atom stereocenters. The second-order valence-electron chi connectivity index (χ2n) is 5.58. The zero-order valence-electron chi connectivity index (χ0n) is 12.8. The summed E-state index contributed by atoms with van der Waals surface area (Å²) in [4.78, 5) is 11.8. The molecule has 1 aromatic rings. The molecule has 1 fully saturated rings. The lowest BCUT2D eigenvalue weighted by Gasteiger charge is -2.13. The zero-order valence-corrected chi connectivity index (χ0v) is 13.6. The van der Waals surface area contributed by atoms with Crippen LogP contribution in [0.4, 0.5) is 16.2 Å². The van der Waals surface area contributed by atoms with Crippen molar-refractivity contribution >= 4 is 27.4 Å². The third-order valence-electron chi connectivity index (χ3n) is 3.58. The molecule has 2 amide bonds. The minimum absolute atomic E-state index is 0.0940. The van der Waals surface area contributed by atoms with Gasteiger partial charge in [0.15, 0.2) is 0 Å². The Bertz CT molecular complexity index is 593. The molecule has 0 aliphatic heterocycles. The van der Waals surface area contributed by atoms with E-state index in [0.29, 0.717) is 17.8 Å². The van der Waals surface area contributed by atoms with Gasteiger partial charge in [-0.1, -0.05) is 19.8 Å². The lowest BCUT2D eigenvalue weighted by atomic mass is 10.2. The van der Waals surface area contributed by atoms with Crippen LogP contribution >= 0.6 is 0 Å². The Hall–Kier alpha value is -1.76. The lowest BCUT2D eigenvalue weighted by Crippen LogP contribution is -2.36. The van der Waals surface area contributed by atoms with E-state index in [-0.39, 0.29) is 17.8 Å². The number of carbonyl (C=O) groups excluding carboxylic acids is 1. The van der Waals surface area contributed by atoms with Crippen molar-refractivity contribution in [3.63, 3.8) is 0 Å². The van der Waals surface area contributed by atoms with Crippen molar-refractivity contribution in [2.45, 2.75) is 45.1 Å². The van der Waals surface area contributed by atoms with Crippen molar-refractivity contribution in [1.82, 2.24) is 5.32 Å². The normalized spacial score (nSPS) is 15.5. The van der Waals surface area contributed by atoms with E-state index in [2.05, 4.69) is 15.4 Å². The van der Waals surface area contributed by atoms with Gasteiger partial charge < -0.3 is 10.6 Å². The van der Waals surface area contributed by atoms with Gasteiger partial charge >= 0.3 is 6.03 Å². The highest BCUT2D eigenvalue weighted by molar-refractivity contribution is 7.92. The Labute approximate surface area is 131 Å².